The highest BCUT2D eigenvalue weighted by molar-refractivity contribution is 5.76. The summed E-state index contributed by atoms with van der Waals surface area (Å²) >= 11 is 0. The van der Waals surface area contributed by atoms with Crippen molar-refractivity contribution >= 4 is 11.9 Å². The molecule has 0 spiro atoms. The van der Waals surface area contributed by atoms with E-state index in [2.05, 4.69) is 31.3 Å². The first-order valence-electron chi connectivity index (χ1n) is 33.9. The fourth-order valence-corrected chi connectivity index (χ4v) is 10.9. The number of carbonyl (C=O) groups excluding carboxylic acids is 2. The van der Waals surface area contributed by atoms with Crippen LogP contribution in [0.1, 0.15) is 386 Å². The Hall–Kier alpha value is -1.40. The van der Waals surface area contributed by atoms with E-state index in [9.17, 15) is 19.8 Å². The molecule has 0 radical (unpaired) electrons. The van der Waals surface area contributed by atoms with Gasteiger partial charge in [0, 0.05) is 12.8 Å². The zero-order valence-electron chi connectivity index (χ0n) is 50.4. The minimum absolute atomic E-state index is 0.0202. The van der Waals surface area contributed by atoms with Crippen LogP contribution in [0.2, 0.25) is 0 Å². The fourth-order valence-electron chi connectivity index (χ4n) is 10.9. The number of rotatable bonds is 64. The molecule has 0 saturated carbocycles. The molecule has 2 atom stereocenters. The molecular formula is C68H133NO5. The minimum atomic E-state index is -0.662. The van der Waals surface area contributed by atoms with Gasteiger partial charge in [0.15, 0.2) is 0 Å². The van der Waals surface area contributed by atoms with Crippen molar-refractivity contribution in [3.8, 4) is 0 Å². The first-order valence-corrected chi connectivity index (χ1v) is 33.9. The molecule has 0 aromatic heterocycles. The van der Waals surface area contributed by atoms with Crippen LogP contribution in [0.15, 0.2) is 12.2 Å². The summed E-state index contributed by atoms with van der Waals surface area (Å²) in [6.07, 6.45) is 78.2. The number of hydrogen-bond donors (Lipinski definition) is 3. The van der Waals surface area contributed by atoms with E-state index in [0.717, 1.165) is 38.5 Å². The third-order valence-corrected chi connectivity index (χ3v) is 16.1. The molecule has 0 aliphatic carbocycles. The van der Waals surface area contributed by atoms with Crippen LogP contribution >= 0.6 is 0 Å². The van der Waals surface area contributed by atoms with Crippen molar-refractivity contribution in [1.29, 1.82) is 0 Å². The molecule has 6 heteroatoms. The maximum absolute atomic E-state index is 12.5. The zero-order valence-corrected chi connectivity index (χ0v) is 50.4. The molecule has 440 valence electrons. The number of unbranched alkanes of at least 4 members (excludes halogenated alkanes) is 51. The molecule has 0 bridgehead atoms. The summed E-state index contributed by atoms with van der Waals surface area (Å²) in [5, 5.41) is 23.3. The number of amides is 1. The Balaban J connectivity index is 3.34. The molecule has 0 rings (SSSR count). The predicted octanol–water partition coefficient (Wildman–Crippen LogP) is 21.6. The number of ether oxygens (including phenoxy) is 1. The van der Waals surface area contributed by atoms with E-state index in [0.29, 0.717) is 25.9 Å². The van der Waals surface area contributed by atoms with Crippen LogP contribution < -0.4 is 5.32 Å². The molecule has 6 nitrogen and oxygen atoms in total. The number of carbonyl (C=O) groups is 2. The average molecular weight is 1040 g/mol. The second-order valence-electron chi connectivity index (χ2n) is 23.5. The second-order valence-corrected chi connectivity index (χ2v) is 23.5. The lowest BCUT2D eigenvalue weighted by molar-refractivity contribution is -0.143. The van der Waals surface area contributed by atoms with Gasteiger partial charge in [-0.2, -0.15) is 0 Å². The standard InChI is InChI=1S/C68H133NO5/c1-3-5-7-9-11-13-15-17-33-38-42-46-50-54-58-62-68(73)74-63-59-55-51-47-43-39-35-32-30-28-26-24-22-20-18-19-21-23-25-27-29-31-34-37-41-45-49-53-57-61-67(72)69-65(64-70)66(71)60-56-52-48-44-40-36-16-14-12-10-8-6-4-2/h18,20,65-66,70-71H,3-17,19,21-64H2,1-2H3,(H,69,72)/b20-18-. The fraction of sp³-hybridized carbons (Fsp3) is 0.941. The maximum atomic E-state index is 12.5. The van der Waals surface area contributed by atoms with E-state index in [-0.39, 0.29) is 18.5 Å². The molecule has 3 N–H and O–H groups in total. The number of aliphatic hydroxyl groups is 2. The smallest absolute Gasteiger partial charge is 0.305 e. The van der Waals surface area contributed by atoms with Crippen LogP contribution in [0.5, 0.6) is 0 Å². The van der Waals surface area contributed by atoms with Crippen molar-refractivity contribution in [2.24, 2.45) is 0 Å². The van der Waals surface area contributed by atoms with Crippen LogP contribution in [-0.4, -0.2) is 47.4 Å². The van der Waals surface area contributed by atoms with Gasteiger partial charge in [0.2, 0.25) is 5.91 Å². The third kappa shape index (κ3) is 59.8. The van der Waals surface area contributed by atoms with Crippen molar-refractivity contribution < 1.29 is 24.5 Å². The molecular weight excluding hydrogens is 911 g/mol. The Morgan fingerprint density at radius 2 is 0.635 bits per heavy atom. The summed E-state index contributed by atoms with van der Waals surface area (Å²) in [5.74, 6) is -0.0118. The van der Waals surface area contributed by atoms with Crippen molar-refractivity contribution in [2.45, 2.75) is 398 Å². The summed E-state index contributed by atoms with van der Waals surface area (Å²) in [6, 6.07) is -0.539. The Kier molecular flexibility index (Phi) is 62.9. The monoisotopic (exact) mass is 1040 g/mol. The topological polar surface area (TPSA) is 95.9 Å². The normalized spacial score (nSPS) is 12.5. The van der Waals surface area contributed by atoms with Gasteiger partial charge in [-0.15, -0.1) is 0 Å². The molecule has 0 saturated heterocycles. The van der Waals surface area contributed by atoms with Crippen LogP contribution in [0, 0.1) is 0 Å². The van der Waals surface area contributed by atoms with E-state index in [1.807, 2.05) is 0 Å². The van der Waals surface area contributed by atoms with Gasteiger partial charge >= 0.3 is 5.97 Å². The lowest BCUT2D eigenvalue weighted by Gasteiger charge is -2.22. The second kappa shape index (κ2) is 64.1. The van der Waals surface area contributed by atoms with Crippen LogP contribution in [0.3, 0.4) is 0 Å². The van der Waals surface area contributed by atoms with Gasteiger partial charge in [-0.25, -0.2) is 0 Å². The summed E-state index contributed by atoms with van der Waals surface area (Å²) in [7, 11) is 0. The lowest BCUT2D eigenvalue weighted by Crippen LogP contribution is -2.45. The summed E-state index contributed by atoms with van der Waals surface area (Å²) in [5.41, 5.74) is 0. The molecule has 0 aliphatic heterocycles. The lowest BCUT2D eigenvalue weighted by atomic mass is 10.0. The first kappa shape index (κ1) is 72.6. The van der Waals surface area contributed by atoms with Crippen molar-refractivity contribution in [2.75, 3.05) is 13.2 Å². The largest absolute Gasteiger partial charge is 0.466 e. The average Bonchev–Trinajstić information content (AvgIpc) is 3.40. The van der Waals surface area contributed by atoms with Crippen LogP contribution in [0.4, 0.5) is 0 Å². The van der Waals surface area contributed by atoms with Gasteiger partial charge in [0.25, 0.3) is 0 Å². The number of esters is 1. The van der Waals surface area contributed by atoms with Crippen LogP contribution in [0.25, 0.3) is 0 Å². The number of aliphatic hydroxyl groups excluding tert-OH is 2. The Labute approximate surface area is 463 Å². The SMILES string of the molecule is CCCCCCCCCCCCCCCCCC(=O)OCCCCCCCCCCCCCC/C=C\CCCCCCCCCCCCCCCC(=O)NC(CO)C(O)CCCCCCCCCCCCCCC. The molecule has 0 aromatic carbocycles. The van der Waals surface area contributed by atoms with E-state index in [4.69, 9.17) is 4.74 Å². The number of hydrogen-bond acceptors (Lipinski definition) is 5. The maximum Gasteiger partial charge on any atom is 0.305 e. The minimum Gasteiger partial charge on any atom is -0.466 e. The van der Waals surface area contributed by atoms with Crippen molar-refractivity contribution in [3.63, 3.8) is 0 Å². The van der Waals surface area contributed by atoms with Gasteiger partial charge in [0.05, 0.1) is 25.4 Å². The van der Waals surface area contributed by atoms with Crippen molar-refractivity contribution in [3.05, 3.63) is 12.2 Å². The highest BCUT2D eigenvalue weighted by Crippen LogP contribution is 2.19. The molecule has 0 heterocycles. The highest BCUT2D eigenvalue weighted by atomic mass is 16.5. The Morgan fingerprint density at radius 3 is 0.959 bits per heavy atom. The van der Waals surface area contributed by atoms with Crippen molar-refractivity contribution in [1.82, 2.24) is 5.32 Å². The van der Waals surface area contributed by atoms with E-state index in [1.54, 1.807) is 0 Å². The van der Waals surface area contributed by atoms with E-state index >= 15 is 0 Å². The quantitative estimate of drug-likeness (QED) is 0.0320. The Bertz CT molecular complexity index is 1110. The van der Waals surface area contributed by atoms with Gasteiger partial charge in [0.1, 0.15) is 0 Å². The van der Waals surface area contributed by atoms with Gasteiger partial charge in [-0.05, 0) is 51.4 Å². The molecule has 2 unspecified atom stereocenters. The molecule has 1 amide bonds. The summed E-state index contributed by atoms with van der Waals surface area (Å²) in [6.45, 7) is 4.99. The number of allylic oxidation sites excluding steroid dienone is 2. The molecule has 0 fully saturated rings. The predicted molar refractivity (Wildman–Crippen MR) is 324 cm³/mol. The van der Waals surface area contributed by atoms with E-state index < -0.39 is 12.1 Å². The third-order valence-electron chi connectivity index (χ3n) is 16.1. The summed E-state index contributed by atoms with van der Waals surface area (Å²) in [4.78, 5) is 24.6. The summed E-state index contributed by atoms with van der Waals surface area (Å²) < 4.78 is 5.50. The Morgan fingerprint density at radius 1 is 0.365 bits per heavy atom. The van der Waals surface area contributed by atoms with Gasteiger partial charge in [-0.3, -0.25) is 9.59 Å². The molecule has 0 aromatic rings. The molecule has 0 aliphatic rings. The number of nitrogens with one attached hydrogen (secondary N) is 1. The van der Waals surface area contributed by atoms with Gasteiger partial charge in [-0.1, -0.05) is 334 Å². The van der Waals surface area contributed by atoms with Crippen LogP contribution in [-0.2, 0) is 14.3 Å². The first-order chi connectivity index (χ1) is 36.5. The van der Waals surface area contributed by atoms with Gasteiger partial charge < -0.3 is 20.3 Å². The zero-order chi connectivity index (χ0) is 53.6. The molecule has 74 heavy (non-hydrogen) atoms. The highest BCUT2D eigenvalue weighted by Gasteiger charge is 2.20. The van der Waals surface area contributed by atoms with E-state index in [1.165, 1.54) is 315 Å².